The van der Waals surface area contributed by atoms with E-state index in [1.807, 2.05) is 37.3 Å². The van der Waals surface area contributed by atoms with Crippen LogP contribution in [0.25, 0.3) is 10.2 Å². The Labute approximate surface area is 196 Å². The molecular formula is C24H23N3O4S2. The number of carbonyl (C=O) groups is 1. The van der Waals surface area contributed by atoms with Gasteiger partial charge in [-0.2, -0.15) is 0 Å². The number of nitrogens with zero attached hydrogens (tertiary/aromatic N) is 3. The van der Waals surface area contributed by atoms with Gasteiger partial charge in [0, 0.05) is 12.6 Å². The van der Waals surface area contributed by atoms with Crippen molar-refractivity contribution in [3.8, 4) is 5.75 Å². The average Bonchev–Trinajstić information content (AvgIpc) is 3.26. The second-order valence-electron chi connectivity index (χ2n) is 7.49. The maximum Gasteiger partial charge on any atom is 0.230 e. The van der Waals surface area contributed by atoms with Gasteiger partial charge in [0.2, 0.25) is 5.91 Å². The number of ether oxygens (including phenoxy) is 1. The van der Waals surface area contributed by atoms with E-state index in [1.165, 1.54) is 16.2 Å². The predicted octanol–water partition coefficient (Wildman–Crippen LogP) is 4.41. The fourth-order valence-electron chi connectivity index (χ4n) is 3.33. The summed E-state index contributed by atoms with van der Waals surface area (Å²) in [6, 6.07) is 17.7. The summed E-state index contributed by atoms with van der Waals surface area (Å²) >= 11 is 1.35. The minimum Gasteiger partial charge on any atom is -0.494 e. The first kappa shape index (κ1) is 22.9. The van der Waals surface area contributed by atoms with Crippen LogP contribution in [-0.2, 0) is 21.2 Å². The minimum absolute atomic E-state index is 0.171. The average molecular weight is 482 g/mol. The highest BCUT2D eigenvalue weighted by Crippen LogP contribution is 2.35. The number of thiazole rings is 1. The number of carbonyl (C=O) groups excluding carboxylic acids is 1. The van der Waals surface area contributed by atoms with Crippen LogP contribution in [-0.4, -0.2) is 37.2 Å². The van der Waals surface area contributed by atoms with Gasteiger partial charge in [0.1, 0.15) is 11.3 Å². The second-order valence-corrected chi connectivity index (χ2v) is 10.6. The van der Waals surface area contributed by atoms with E-state index in [0.717, 1.165) is 10.3 Å². The van der Waals surface area contributed by atoms with Crippen LogP contribution >= 0.6 is 11.3 Å². The Kier molecular flexibility index (Phi) is 6.71. The number of hydrogen-bond acceptors (Lipinski definition) is 7. The van der Waals surface area contributed by atoms with Gasteiger partial charge >= 0.3 is 0 Å². The van der Waals surface area contributed by atoms with Crippen LogP contribution in [0, 0.1) is 6.92 Å². The lowest BCUT2D eigenvalue weighted by atomic mass is 10.2. The van der Waals surface area contributed by atoms with Crippen LogP contribution in [0.15, 0.2) is 71.8 Å². The Morgan fingerprint density at radius 3 is 2.55 bits per heavy atom. The maximum atomic E-state index is 13.3. The van der Waals surface area contributed by atoms with E-state index < -0.39 is 9.84 Å². The van der Waals surface area contributed by atoms with Gasteiger partial charge in [-0.25, -0.2) is 13.4 Å². The van der Waals surface area contributed by atoms with Gasteiger partial charge in [-0.05, 0) is 43.3 Å². The first-order valence-electron chi connectivity index (χ1n) is 10.3. The van der Waals surface area contributed by atoms with Gasteiger partial charge in [-0.3, -0.25) is 14.7 Å². The molecule has 0 aliphatic carbocycles. The Bertz CT molecular complexity index is 1370. The summed E-state index contributed by atoms with van der Waals surface area (Å²) in [5.74, 6) is -0.0153. The lowest BCUT2D eigenvalue weighted by Crippen LogP contribution is -2.32. The molecule has 0 saturated heterocycles. The minimum atomic E-state index is -3.60. The smallest absolute Gasteiger partial charge is 0.230 e. The number of amides is 1. The number of hydrogen-bond donors (Lipinski definition) is 0. The summed E-state index contributed by atoms with van der Waals surface area (Å²) in [4.78, 5) is 23.9. The molecule has 0 spiro atoms. The molecule has 7 nitrogen and oxygen atoms in total. The number of para-hydroxylation sites is 1. The van der Waals surface area contributed by atoms with Gasteiger partial charge in [-0.1, -0.05) is 41.2 Å². The maximum absolute atomic E-state index is 13.3. The molecular weight excluding hydrogens is 458 g/mol. The van der Waals surface area contributed by atoms with Crippen molar-refractivity contribution in [1.29, 1.82) is 0 Å². The normalized spacial score (nSPS) is 11.5. The summed E-state index contributed by atoms with van der Waals surface area (Å²) in [6.07, 6.45) is 1.48. The molecule has 0 bridgehead atoms. The molecule has 33 heavy (non-hydrogen) atoms. The Hall–Kier alpha value is -3.30. The van der Waals surface area contributed by atoms with E-state index in [4.69, 9.17) is 4.74 Å². The molecule has 0 fully saturated rings. The molecule has 9 heteroatoms. The molecule has 0 saturated carbocycles. The molecule has 0 N–H and O–H groups in total. The van der Waals surface area contributed by atoms with Crippen molar-refractivity contribution in [1.82, 2.24) is 9.97 Å². The van der Waals surface area contributed by atoms with Gasteiger partial charge in [0.25, 0.3) is 0 Å². The standard InChI is InChI=1S/C24H23N3O4S2/c1-17-9-11-19(12-10-17)33(29,30)15-13-22(28)27(16-18-6-3-4-14-25-18)24-26-23-20(31-2)7-5-8-21(23)32-24/h3-12,14H,13,15-16H2,1-2H3. The van der Waals surface area contributed by atoms with Crippen LogP contribution < -0.4 is 9.64 Å². The number of benzene rings is 2. The molecule has 0 atom stereocenters. The Morgan fingerprint density at radius 2 is 1.85 bits per heavy atom. The van der Waals surface area contributed by atoms with Crippen LogP contribution in [0.2, 0.25) is 0 Å². The molecule has 0 aliphatic heterocycles. The Morgan fingerprint density at radius 1 is 1.06 bits per heavy atom. The monoisotopic (exact) mass is 481 g/mol. The first-order chi connectivity index (χ1) is 15.9. The number of methoxy groups -OCH3 is 1. The van der Waals surface area contributed by atoms with E-state index in [2.05, 4.69) is 9.97 Å². The molecule has 2 aromatic heterocycles. The molecule has 1 amide bonds. The fourth-order valence-corrected chi connectivity index (χ4v) is 5.56. The molecule has 170 valence electrons. The second kappa shape index (κ2) is 9.68. The van der Waals surface area contributed by atoms with E-state index in [1.54, 1.807) is 43.6 Å². The van der Waals surface area contributed by atoms with Crippen LogP contribution in [0.4, 0.5) is 5.13 Å². The lowest BCUT2D eigenvalue weighted by molar-refractivity contribution is -0.118. The van der Waals surface area contributed by atoms with Crippen molar-refractivity contribution in [2.24, 2.45) is 0 Å². The van der Waals surface area contributed by atoms with Crippen LogP contribution in [0.5, 0.6) is 5.75 Å². The van der Waals surface area contributed by atoms with E-state index in [-0.39, 0.29) is 29.5 Å². The number of aryl methyl sites for hydroxylation is 1. The van der Waals surface area contributed by atoms with Crippen molar-refractivity contribution >= 4 is 42.4 Å². The molecule has 0 radical (unpaired) electrons. The molecule has 0 aliphatic rings. The van der Waals surface area contributed by atoms with Crippen LogP contribution in [0.1, 0.15) is 17.7 Å². The van der Waals surface area contributed by atoms with E-state index in [9.17, 15) is 13.2 Å². The molecule has 2 aromatic carbocycles. The van der Waals surface area contributed by atoms with E-state index in [0.29, 0.717) is 22.1 Å². The molecule has 4 aromatic rings. The van der Waals surface area contributed by atoms with Gasteiger partial charge in [0.05, 0.1) is 34.7 Å². The SMILES string of the molecule is COc1cccc2sc(N(Cc3ccccn3)C(=O)CCS(=O)(=O)c3ccc(C)cc3)nc12. The quantitative estimate of drug-likeness (QED) is 0.370. The van der Waals surface area contributed by atoms with E-state index >= 15 is 0 Å². The summed E-state index contributed by atoms with van der Waals surface area (Å²) < 4.78 is 31.8. The topological polar surface area (TPSA) is 89.5 Å². The number of pyridine rings is 1. The highest BCUT2D eigenvalue weighted by atomic mass is 32.2. The Balaban J connectivity index is 1.62. The number of fused-ring (bicyclic) bond motifs is 1. The summed E-state index contributed by atoms with van der Waals surface area (Å²) in [5, 5.41) is 0.470. The van der Waals surface area contributed by atoms with Crippen molar-refractivity contribution in [2.45, 2.75) is 24.8 Å². The summed E-state index contributed by atoms with van der Waals surface area (Å²) in [7, 11) is -2.03. The third-order valence-electron chi connectivity index (χ3n) is 5.13. The first-order valence-corrected chi connectivity index (χ1v) is 12.8. The van der Waals surface area contributed by atoms with Crippen molar-refractivity contribution in [3.63, 3.8) is 0 Å². The number of anilines is 1. The highest BCUT2D eigenvalue weighted by molar-refractivity contribution is 7.91. The van der Waals surface area contributed by atoms with Crippen molar-refractivity contribution < 1.29 is 17.9 Å². The molecule has 2 heterocycles. The van der Waals surface area contributed by atoms with Gasteiger partial charge in [-0.15, -0.1) is 0 Å². The third-order valence-corrected chi connectivity index (χ3v) is 7.91. The summed E-state index contributed by atoms with van der Waals surface area (Å²) in [6.45, 7) is 2.08. The third kappa shape index (κ3) is 5.20. The van der Waals surface area contributed by atoms with Gasteiger partial charge in [0.15, 0.2) is 15.0 Å². The summed E-state index contributed by atoms with van der Waals surface area (Å²) in [5.41, 5.74) is 2.31. The number of rotatable bonds is 8. The number of sulfone groups is 1. The fraction of sp³-hybridized carbons (Fsp3) is 0.208. The van der Waals surface area contributed by atoms with Crippen molar-refractivity contribution in [2.75, 3.05) is 17.8 Å². The number of aromatic nitrogens is 2. The zero-order chi connectivity index (χ0) is 23.4. The van der Waals surface area contributed by atoms with Gasteiger partial charge < -0.3 is 4.74 Å². The predicted molar refractivity (Wildman–Crippen MR) is 129 cm³/mol. The molecule has 4 rings (SSSR count). The van der Waals surface area contributed by atoms with Crippen LogP contribution in [0.3, 0.4) is 0 Å². The molecule has 0 unspecified atom stereocenters. The highest BCUT2D eigenvalue weighted by Gasteiger charge is 2.24. The zero-order valence-electron chi connectivity index (χ0n) is 18.3. The largest absolute Gasteiger partial charge is 0.494 e. The lowest BCUT2D eigenvalue weighted by Gasteiger charge is -2.19. The zero-order valence-corrected chi connectivity index (χ0v) is 19.9. The van der Waals surface area contributed by atoms with Crippen molar-refractivity contribution in [3.05, 3.63) is 78.1 Å².